The molecule has 0 radical (unpaired) electrons. The van der Waals surface area contributed by atoms with Crippen molar-refractivity contribution in [1.29, 1.82) is 0 Å². The standard InChI is InChI=1S/C37H23N3/c1-4-15-33-25(9-1)20-36-32-21-31-29-14-3-5-16-34(29)39(27-12-7-10-24(19-27)26-11-8-18-38-23-26)37(31)22-30(32)28-13-2-6-17-35(28)40(33)36/h1-23H. The summed E-state index contributed by atoms with van der Waals surface area (Å²) in [5.74, 6) is 0. The molecule has 3 heteroatoms. The van der Waals surface area contributed by atoms with Crippen molar-refractivity contribution < 1.29 is 0 Å². The minimum absolute atomic E-state index is 1.12. The van der Waals surface area contributed by atoms with E-state index >= 15 is 0 Å². The van der Waals surface area contributed by atoms with Crippen LogP contribution < -0.4 is 0 Å². The maximum Gasteiger partial charge on any atom is 0.0547 e. The SMILES string of the molecule is c1cncc(-c2cccc(-n3c4ccccc4c4cc5c(cc43)c3ccccc3n3c4ccccc4cc53)c2)c1. The van der Waals surface area contributed by atoms with Crippen LogP contribution >= 0.6 is 0 Å². The predicted octanol–water partition coefficient (Wildman–Crippen LogP) is 9.56. The molecule has 3 nitrogen and oxygen atoms in total. The van der Waals surface area contributed by atoms with Gasteiger partial charge in [-0.3, -0.25) is 4.98 Å². The molecule has 0 spiro atoms. The number of aromatic nitrogens is 3. The number of hydrogen-bond donors (Lipinski definition) is 0. The first-order valence-corrected chi connectivity index (χ1v) is 13.6. The molecule has 0 aliphatic heterocycles. The van der Waals surface area contributed by atoms with Crippen molar-refractivity contribution in [2.24, 2.45) is 0 Å². The summed E-state index contributed by atoms with van der Waals surface area (Å²) in [7, 11) is 0. The predicted molar refractivity (Wildman–Crippen MR) is 167 cm³/mol. The first-order chi connectivity index (χ1) is 19.8. The van der Waals surface area contributed by atoms with Crippen LogP contribution in [0.4, 0.5) is 0 Å². The molecule has 0 aliphatic rings. The second-order valence-corrected chi connectivity index (χ2v) is 10.5. The van der Waals surface area contributed by atoms with Gasteiger partial charge in [-0.25, -0.2) is 0 Å². The van der Waals surface area contributed by atoms with E-state index in [0.717, 1.165) is 16.8 Å². The third kappa shape index (κ3) is 2.92. The Morgan fingerprint density at radius 3 is 2.00 bits per heavy atom. The number of nitrogens with zero attached hydrogens (tertiary/aromatic N) is 3. The van der Waals surface area contributed by atoms with E-state index in [0.29, 0.717) is 0 Å². The van der Waals surface area contributed by atoms with E-state index in [9.17, 15) is 0 Å². The summed E-state index contributed by atoms with van der Waals surface area (Å²) >= 11 is 0. The Morgan fingerprint density at radius 1 is 0.425 bits per heavy atom. The molecule has 0 unspecified atom stereocenters. The van der Waals surface area contributed by atoms with Crippen LogP contribution in [0, 0.1) is 0 Å². The average molecular weight is 510 g/mol. The lowest BCUT2D eigenvalue weighted by atomic mass is 10.0. The summed E-state index contributed by atoms with van der Waals surface area (Å²) in [5, 5.41) is 7.58. The molecule has 4 aromatic heterocycles. The van der Waals surface area contributed by atoms with E-state index in [1.54, 1.807) is 0 Å². The molecular weight excluding hydrogens is 486 g/mol. The number of rotatable bonds is 2. The summed E-state index contributed by atoms with van der Waals surface area (Å²) in [4.78, 5) is 4.35. The Kier molecular flexibility index (Phi) is 4.33. The summed E-state index contributed by atoms with van der Waals surface area (Å²) in [6.45, 7) is 0. The van der Waals surface area contributed by atoms with Crippen LogP contribution in [0.2, 0.25) is 0 Å². The second-order valence-electron chi connectivity index (χ2n) is 10.5. The van der Waals surface area contributed by atoms with Gasteiger partial charge in [-0.15, -0.1) is 0 Å². The van der Waals surface area contributed by atoms with Crippen molar-refractivity contribution in [3.05, 3.63) is 140 Å². The molecule has 40 heavy (non-hydrogen) atoms. The Morgan fingerprint density at radius 2 is 1.15 bits per heavy atom. The molecule has 9 aromatic rings. The Bertz CT molecular complexity index is 2430. The maximum absolute atomic E-state index is 4.35. The zero-order valence-corrected chi connectivity index (χ0v) is 21.6. The van der Waals surface area contributed by atoms with Gasteiger partial charge in [-0.1, -0.05) is 72.8 Å². The van der Waals surface area contributed by atoms with E-state index in [4.69, 9.17) is 0 Å². The number of hydrogen-bond acceptors (Lipinski definition) is 1. The fraction of sp³-hybridized carbons (Fsp3) is 0. The highest BCUT2D eigenvalue weighted by atomic mass is 15.0. The van der Waals surface area contributed by atoms with Gasteiger partial charge in [-0.05, 0) is 65.5 Å². The Balaban J connectivity index is 1.45. The van der Waals surface area contributed by atoms with Crippen molar-refractivity contribution in [2.75, 3.05) is 0 Å². The van der Waals surface area contributed by atoms with Crippen molar-refractivity contribution in [1.82, 2.24) is 14.0 Å². The monoisotopic (exact) mass is 509 g/mol. The van der Waals surface area contributed by atoms with Gasteiger partial charge in [0.25, 0.3) is 0 Å². The van der Waals surface area contributed by atoms with Crippen LogP contribution in [-0.4, -0.2) is 14.0 Å². The molecule has 0 fully saturated rings. The highest BCUT2D eigenvalue weighted by molar-refractivity contribution is 6.22. The van der Waals surface area contributed by atoms with E-state index in [1.165, 1.54) is 59.9 Å². The maximum atomic E-state index is 4.35. The van der Waals surface area contributed by atoms with Gasteiger partial charge in [0.2, 0.25) is 0 Å². The Hall–Kier alpha value is -5.41. The second kappa shape index (κ2) is 8.05. The molecular formula is C37H23N3. The smallest absolute Gasteiger partial charge is 0.0547 e. The quantitative estimate of drug-likeness (QED) is 0.213. The lowest BCUT2D eigenvalue weighted by molar-refractivity contribution is 1.18. The summed E-state index contributed by atoms with van der Waals surface area (Å²) < 4.78 is 4.84. The van der Waals surface area contributed by atoms with Crippen molar-refractivity contribution in [3.63, 3.8) is 0 Å². The van der Waals surface area contributed by atoms with Crippen LogP contribution in [0.15, 0.2) is 140 Å². The molecule has 0 saturated heterocycles. The third-order valence-corrected chi connectivity index (χ3v) is 8.33. The fourth-order valence-corrected chi connectivity index (χ4v) is 6.60. The molecule has 0 atom stereocenters. The number of fused-ring (bicyclic) bond motifs is 11. The van der Waals surface area contributed by atoms with Crippen LogP contribution in [0.5, 0.6) is 0 Å². The first kappa shape index (κ1) is 21.5. The van der Waals surface area contributed by atoms with Gasteiger partial charge < -0.3 is 8.97 Å². The molecule has 0 amide bonds. The van der Waals surface area contributed by atoms with Crippen LogP contribution in [0.25, 0.3) is 76.7 Å². The lowest BCUT2D eigenvalue weighted by Crippen LogP contribution is -1.95. The van der Waals surface area contributed by atoms with E-state index in [1.807, 2.05) is 18.5 Å². The van der Waals surface area contributed by atoms with Crippen molar-refractivity contribution >= 4 is 59.9 Å². The fourth-order valence-electron chi connectivity index (χ4n) is 6.60. The van der Waals surface area contributed by atoms with Gasteiger partial charge >= 0.3 is 0 Å². The van der Waals surface area contributed by atoms with Crippen LogP contribution in [0.3, 0.4) is 0 Å². The average Bonchev–Trinajstić information content (AvgIpc) is 3.57. The van der Waals surface area contributed by atoms with Gasteiger partial charge in [0.1, 0.15) is 0 Å². The molecule has 0 saturated carbocycles. The van der Waals surface area contributed by atoms with E-state index < -0.39 is 0 Å². The largest absolute Gasteiger partial charge is 0.309 e. The van der Waals surface area contributed by atoms with Gasteiger partial charge in [0.05, 0.1) is 27.6 Å². The summed E-state index contributed by atoms with van der Waals surface area (Å²) in [5.41, 5.74) is 9.54. The minimum Gasteiger partial charge on any atom is -0.309 e. The molecule has 5 aromatic carbocycles. The molecule has 0 aliphatic carbocycles. The zero-order valence-electron chi connectivity index (χ0n) is 21.6. The number of para-hydroxylation sites is 3. The van der Waals surface area contributed by atoms with E-state index in [-0.39, 0.29) is 0 Å². The Labute approximate surface area is 230 Å². The van der Waals surface area contributed by atoms with E-state index in [2.05, 4.69) is 135 Å². The summed E-state index contributed by atoms with van der Waals surface area (Å²) in [6.07, 6.45) is 3.75. The molecule has 0 N–H and O–H groups in total. The van der Waals surface area contributed by atoms with Crippen LogP contribution in [-0.2, 0) is 0 Å². The van der Waals surface area contributed by atoms with Crippen LogP contribution in [0.1, 0.15) is 0 Å². The van der Waals surface area contributed by atoms with Gasteiger partial charge in [0.15, 0.2) is 0 Å². The lowest BCUT2D eigenvalue weighted by Gasteiger charge is -2.13. The molecule has 0 bridgehead atoms. The number of pyridine rings is 2. The summed E-state index contributed by atoms with van der Waals surface area (Å²) in [6, 6.07) is 46.3. The number of benzene rings is 5. The minimum atomic E-state index is 1.12. The zero-order chi connectivity index (χ0) is 26.2. The van der Waals surface area contributed by atoms with Crippen molar-refractivity contribution in [3.8, 4) is 16.8 Å². The highest BCUT2D eigenvalue weighted by Crippen LogP contribution is 2.40. The molecule has 4 heterocycles. The normalized spacial score (nSPS) is 12.0. The van der Waals surface area contributed by atoms with Gasteiger partial charge in [0, 0.05) is 50.6 Å². The van der Waals surface area contributed by atoms with Gasteiger partial charge in [-0.2, -0.15) is 0 Å². The molecule has 186 valence electrons. The van der Waals surface area contributed by atoms with Crippen molar-refractivity contribution in [2.45, 2.75) is 0 Å². The highest BCUT2D eigenvalue weighted by Gasteiger charge is 2.17. The first-order valence-electron chi connectivity index (χ1n) is 13.6. The molecule has 9 rings (SSSR count). The third-order valence-electron chi connectivity index (χ3n) is 8.33. The topological polar surface area (TPSA) is 22.2 Å².